The Kier molecular flexibility index (Phi) is 4.74. The van der Waals surface area contributed by atoms with Crippen molar-refractivity contribution in [1.29, 1.82) is 0 Å². The molecule has 3 aliphatic rings. The lowest BCUT2D eigenvalue weighted by Gasteiger charge is -2.41. The van der Waals surface area contributed by atoms with Gasteiger partial charge in [0.1, 0.15) is 0 Å². The van der Waals surface area contributed by atoms with Gasteiger partial charge in [0.05, 0.1) is 0 Å². The first-order valence-electron chi connectivity index (χ1n) is 9.86. The van der Waals surface area contributed by atoms with Crippen molar-refractivity contribution in [3.63, 3.8) is 0 Å². The molecule has 1 saturated carbocycles. The summed E-state index contributed by atoms with van der Waals surface area (Å²) in [5, 5.41) is 3.12. The van der Waals surface area contributed by atoms with Gasteiger partial charge in [0.2, 0.25) is 5.91 Å². The Morgan fingerprint density at radius 1 is 1.15 bits per heavy atom. The van der Waals surface area contributed by atoms with E-state index in [9.17, 15) is 9.59 Å². The monoisotopic (exact) mass is 356 g/mol. The van der Waals surface area contributed by atoms with E-state index in [1.807, 2.05) is 23.1 Å². The number of carbonyl (C=O) groups is 2. The molecule has 1 saturated heterocycles. The fourth-order valence-electron chi connectivity index (χ4n) is 4.61. The number of nitrogens with zero attached hydrogens (tertiary/aromatic N) is 1. The summed E-state index contributed by atoms with van der Waals surface area (Å²) in [5.74, 6) is 1.14. The van der Waals surface area contributed by atoms with Crippen LogP contribution in [0.25, 0.3) is 0 Å². The highest BCUT2D eigenvalue weighted by Gasteiger charge is 2.43. The fraction of sp³-hybridized carbons (Fsp3) is 0.619. The minimum atomic E-state index is -0.0222. The number of hydrogen-bond donors (Lipinski definition) is 1. The fourth-order valence-corrected chi connectivity index (χ4v) is 4.61. The van der Waals surface area contributed by atoms with Crippen LogP contribution in [0.15, 0.2) is 18.2 Å². The molecule has 26 heavy (non-hydrogen) atoms. The Labute approximate surface area is 155 Å². The Balaban J connectivity index is 1.57. The van der Waals surface area contributed by atoms with Gasteiger partial charge in [-0.15, -0.1) is 0 Å². The van der Waals surface area contributed by atoms with Crippen LogP contribution in [0.3, 0.4) is 0 Å². The van der Waals surface area contributed by atoms with Gasteiger partial charge < -0.3 is 15.0 Å². The Hall–Kier alpha value is -1.88. The standard InChI is InChI=1S/C21H28N2O3/c1-13-11-17-12-16(21(25)22-18-7-9-26-10-8-18)5-6-19(17)23(14(2)24)20(13)15-3-4-15/h5-6,12-13,15,18,20H,3-4,7-11H2,1-2H3,(H,22,25)/t13-,20-/m1/s1. The van der Waals surface area contributed by atoms with Gasteiger partial charge in [0, 0.05) is 43.5 Å². The Bertz CT molecular complexity index is 707. The third-order valence-electron chi connectivity index (χ3n) is 6.03. The van der Waals surface area contributed by atoms with E-state index < -0.39 is 0 Å². The first-order valence-corrected chi connectivity index (χ1v) is 9.86. The second-order valence-electron chi connectivity index (χ2n) is 8.10. The molecule has 0 radical (unpaired) electrons. The number of nitrogens with one attached hydrogen (secondary N) is 1. The second-order valence-corrected chi connectivity index (χ2v) is 8.10. The summed E-state index contributed by atoms with van der Waals surface area (Å²) in [6, 6.07) is 6.32. The molecule has 0 unspecified atom stereocenters. The van der Waals surface area contributed by atoms with Crippen LogP contribution in [0, 0.1) is 11.8 Å². The predicted molar refractivity (Wildman–Crippen MR) is 100 cm³/mol. The molecule has 4 rings (SSSR count). The van der Waals surface area contributed by atoms with Gasteiger partial charge in [-0.3, -0.25) is 9.59 Å². The number of benzene rings is 1. The third kappa shape index (κ3) is 3.37. The number of ether oxygens (including phenoxy) is 1. The summed E-state index contributed by atoms with van der Waals surface area (Å²) in [4.78, 5) is 27.0. The molecule has 2 atom stereocenters. The van der Waals surface area contributed by atoms with E-state index in [-0.39, 0.29) is 17.9 Å². The summed E-state index contributed by atoms with van der Waals surface area (Å²) >= 11 is 0. The van der Waals surface area contributed by atoms with Crippen molar-refractivity contribution < 1.29 is 14.3 Å². The van der Waals surface area contributed by atoms with Crippen molar-refractivity contribution in [3.8, 4) is 0 Å². The SMILES string of the molecule is CC(=O)N1c2ccc(C(=O)NC3CCOCC3)cc2C[C@@H](C)[C@@H]1C1CC1. The molecule has 5 nitrogen and oxygen atoms in total. The first-order chi connectivity index (χ1) is 12.5. The van der Waals surface area contributed by atoms with Crippen molar-refractivity contribution in [2.75, 3.05) is 18.1 Å². The van der Waals surface area contributed by atoms with Crippen LogP contribution in [0.5, 0.6) is 0 Å². The van der Waals surface area contributed by atoms with Gasteiger partial charge in [0.15, 0.2) is 0 Å². The lowest BCUT2D eigenvalue weighted by molar-refractivity contribution is -0.117. The Morgan fingerprint density at radius 2 is 1.88 bits per heavy atom. The van der Waals surface area contributed by atoms with Gasteiger partial charge >= 0.3 is 0 Å². The molecule has 0 bridgehead atoms. The van der Waals surface area contributed by atoms with Gasteiger partial charge in [0.25, 0.3) is 5.91 Å². The minimum Gasteiger partial charge on any atom is -0.381 e. The van der Waals surface area contributed by atoms with E-state index in [0.717, 1.165) is 30.5 Å². The number of rotatable bonds is 3. The smallest absolute Gasteiger partial charge is 0.251 e. The molecule has 1 aromatic rings. The zero-order chi connectivity index (χ0) is 18.3. The van der Waals surface area contributed by atoms with E-state index in [1.165, 1.54) is 12.8 Å². The molecule has 2 amide bonds. The number of fused-ring (bicyclic) bond motifs is 1. The molecule has 2 fully saturated rings. The molecule has 1 aliphatic carbocycles. The predicted octanol–water partition coefficient (Wildman–Crippen LogP) is 2.92. The van der Waals surface area contributed by atoms with E-state index >= 15 is 0 Å². The van der Waals surface area contributed by atoms with Crippen molar-refractivity contribution in [3.05, 3.63) is 29.3 Å². The van der Waals surface area contributed by atoms with Crippen LogP contribution in [-0.4, -0.2) is 37.1 Å². The van der Waals surface area contributed by atoms with Crippen molar-refractivity contribution in [1.82, 2.24) is 5.32 Å². The van der Waals surface area contributed by atoms with Gasteiger partial charge in [-0.05, 0) is 67.7 Å². The van der Waals surface area contributed by atoms with Crippen molar-refractivity contribution >= 4 is 17.5 Å². The number of carbonyl (C=O) groups excluding carboxylic acids is 2. The molecule has 1 aromatic carbocycles. The van der Waals surface area contributed by atoms with Crippen LogP contribution in [0.4, 0.5) is 5.69 Å². The molecule has 5 heteroatoms. The third-order valence-corrected chi connectivity index (χ3v) is 6.03. The number of anilines is 1. The zero-order valence-electron chi connectivity index (χ0n) is 15.7. The molecule has 2 aliphatic heterocycles. The van der Waals surface area contributed by atoms with E-state index in [2.05, 4.69) is 12.2 Å². The lowest BCUT2D eigenvalue weighted by atomic mass is 9.83. The average Bonchev–Trinajstić information content (AvgIpc) is 3.45. The number of hydrogen-bond acceptors (Lipinski definition) is 3. The summed E-state index contributed by atoms with van der Waals surface area (Å²) in [7, 11) is 0. The maximum Gasteiger partial charge on any atom is 0.251 e. The van der Waals surface area contributed by atoms with Gasteiger partial charge in [-0.2, -0.15) is 0 Å². The van der Waals surface area contributed by atoms with Crippen molar-refractivity contribution in [2.24, 2.45) is 11.8 Å². The quantitative estimate of drug-likeness (QED) is 0.906. The van der Waals surface area contributed by atoms with Crippen LogP contribution >= 0.6 is 0 Å². The van der Waals surface area contributed by atoms with Crippen LogP contribution in [0.1, 0.15) is 55.5 Å². The zero-order valence-corrected chi connectivity index (χ0v) is 15.7. The molecular weight excluding hydrogens is 328 g/mol. The second kappa shape index (κ2) is 7.03. The van der Waals surface area contributed by atoms with Crippen LogP contribution in [-0.2, 0) is 16.0 Å². The largest absolute Gasteiger partial charge is 0.381 e. The number of amides is 2. The summed E-state index contributed by atoms with van der Waals surface area (Å²) in [6.45, 7) is 5.31. The highest BCUT2D eigenvalue weighted by Crippen LogP contribution is 2.45. The average molecular weight is 356 g/mol. The highest BCUT2D eigenvalue weighted by atomic mass is 16.5. The molecule has 1 N–H and O–H groups in total. The van der Waals surface area contributed by atoms with Crippen LogP contribution < -0.4 is 10.2 Å². The molecule has 0 spiro atoms. The summed E-state index contributed by atoms with van der Waals surface area (Å²) < 4.78 is 5.35. The van der Waals surface area contributed by atoms with Gasteiger partial charge in [-0.1, -0.05) is 6.92 Å². The normalized spacial score (nSPS) is 26.3. The van der Waals surface area contributed by atoms with E-state index in [1.54, 1.807) is 6.92 Å². The first kappa shape index (κ1) is 17.5. The maximum absolute atomic E-state index is 12.6. The molecule has 2 heterocycles. The molecule has 0 aromatic heterocycles. The van der Waals surface area contributed by atoms with Gasteiger partial charge in [-0.25, -0.2) is 0 Å². The Morgan fingerprint density at radius 3 is 2.54 bits per heavy atom. The molecular formula is C21H28N2O3. The van der Waals surface area contributed by atoms with Crippen molar-refractivity contribution in [2.45, 2.75) is 58.0 Å². The topological polar surface area (TPSA) is 58.6 Å². The molecule has 140 valence electrons. The maximum atomic E-state index is 12.6. The highest BCUT2D eigenvalue weighted by molar-refractivity contribution is 5.97. The van der Waals surface area contributed by atoms with E-state index in [0.29, 0.717) is 36.7 Å². The minimum absolute atomic E-state index is 0.0222. The summed E-state index contributed by atoms with van der Waals surface area (Å²) in [5.41, 5.74) is 2.80. The van der Waals surface area contributed by atoms with E-state index in [4.69, 9.17) is 4.74 Å². The summed E-state index contributed by atoms with van der Waals surface area (Å²) in [6.07, 6.45) is 5.11. The lowest BCUT2D eigenvalue weighted by Crippen LogP contribution is -2.48. The van der Waals surface area contributed by atoms with Crippen LogP contribution in [0.2, 0.25) is 0 Å².